The Hall–Kier alpha value is -1.69. The average molecular weight is 304 g/mol. The number of hydrogen-bond acceptors (Lipinski definition) is 4. The van der Waals surface area contributed by atoms with Gasteiger partial charge in [0.15, 0.2) is 0 Å². The molecule has 1 fully saturated rings. The molecule has 2 atom stereocenters. The third-order valence-corrected chi connectivity index (χ3v) is 4.70. The van der Waals surface area contributed by atoms with Crippen molar-refractivity contribution in [2.45, 2.75) is 24.0 Å². The van der Waals surface area contributed by atoms with Gasteiger partial charge in [-0.05, 0) is 24.6 Å². The van der Waals surface area contributed by atoms with Gasteiger partial charge in [-0.15, -0.1) is 0 Å². The van der Waals surface area contributed by atoms with Crippen LogP contribution in [0, 0.1) is 6.92 Å². The van der Waals surface area contributed by atoms with Gasteiger partial charge in [-0.25, -0.2) is 0 Å². The Morgan fingerprint density at radius 2 is 1.71 bits per heavy atom. The summed E-state index contributed by atoms with van der Waals surface area (Å²) in [5.74, 6) is 0. The van der Waals surface area contributed by atoms with Crippen LogP contribution in [0.2, 0.25) is 0 Å². The normalized spacial score (nSPS) is 21.2. The van der Waals surface area contributed by atoms with Gasteiger partial charge in [-0.1, -0.05) is 48.0 Å². The quantitative estimate of drug-likeness (QED) is 0.629. The highest BCUT2D eigenvalue weighted by Crippen LogP contribution is 2.39. The first-order valence-corrected chi connectivity index (χ1v) is 8.13. The molecule has 1 saturated heterocycles. The van der Waals surface area contributed by atoms with E-state index in [2.05, 4.69) is 0 Å². The molecule has 2 aromatic rings. The summed E-state index contributed by atoms with van der Waals surface area (Å²) in [6, 6.07) is 16.3. The molecule has 1 aliphatic heterocycles. The number of hydrogen-bond donors (Lipinski definition) is 0. The third kappa shape index (κ3) is 3.32. The largest absolute Gasteiger partial charge is 0.362 e. The summed E-state index contributed by atoms with van der Waals surface area (Å²) in [6.07, 6.45) is -0.271. The number of epoxide rings is 1. The van der Waals surface area contributed by atoms with Gasteiger partial charge in [0.05, 0.1) is 11.5 Å². The zero-order valence-electron chi connectivity index (χ0n) is 11.6. The molecule has 0 aromatic heterocycles. The first-order valence-electron chi connectivity index (χ1n) is 6.73. The van der Waals surface area contributed by atoms with Crippen molar-refractivity contribution in [2.24, 2.45) is 0 Å². The molecule has 5 heteroatoms. The smallest absolute Gasteiger partial charge is 0.297 e. The number of aryl methyl sites for hydroxylation is 1. The molecule has 21 heavy (non-hydrogen) atoms. The topological polar surface area (TPSA) is 55.9 Å². The lowest BCUT2D eigenvalue weighted by atomic mass is 10.1. The second kappa shape index (κ2) is 5.60. The maximum absolute atomic E-state index is 12.0. The van der Waals surface area contributed by atoms with Gasteiger partial charge in [0.25, 0.3) is 10.1 Å². The van der Waals surface area contributed by atoms with Gasteiger partial charge in [0, 0.05) is 0 Å². The Balaban J connectivity index is 1.60. The zero-order valence-corrected chi connectivity index (χ0v) is 12.4. The fraction of sp³-hybridized carbons (Fsp3) is 0.250. The van der Waals surface area contributed by atoms with E-state index in [1.54, 1.807) is 24.3 Å². The highest BCUT2D eigenvalue weighted by Gasteiger charge is 2.41. The third-order valence-electron chi connectivity index (χ3n) is 3.41. The molecular weight excluding hydrogens is 288 g/mol. The van der Waals surface area contributed by atoms with Gasteiger partial charge in [0.1, 0.15) is 12.2 Å². The van der Waals surface area contributed by atoms with E-state index in [0.717, 1.165) is 11.1 Å². The van der Waals surface area contributed by atoms with E-state index in [1.807, 2.05) is 37.3 Å². The van der Waals surface area contributed by atoms with E-state index >= 15 is 0 Å². The summed E-state index contributed by atoms with van der Waals surface area (Å²) in [4.78, 5) is 0.171. The van der Waals surface area contributed by atoms with Crippen molar-refractivity contribution < 1.29 is 17.3 Å². The average Bonchev–Trinajstić information content (AvgIpc) is 3.26. The van der Waals surface area contributed by atoms with Crippen molar-refractivity contribution in [1.82, 2.24) is 0 Å². The number of benzene rings is 2. The lowest BCUT2D eigenvalue weighted by Gasteiger charge is -2.04. The molecule has 0 aliphatic carbocycles. The van der Waals surface area contributed by atoms with Gasteiger partial charge in [0.2, 0.25) is 0 Å². The SMILES string of the molecule is Cc1ccc(S(=O)(=O)OC[C@H]2O[C@@H]2c2ccccc2)cc1. The molecule has 1 heterocycles. The van der Waals surface area contributed by atoms with E-state index in [1.165, 1.54) is 0 Å². The molecule has 4 nitrogen and oxygen atoms in total. The Morgan fingerprint density at radius 3 is 2.38 bits per heavy atom. The number of rotatable bonds is 5. The van der Waals surface area contributed by atoms with E-state index in [9.17, 15) is 8.42 Å². The maximum atomic E-state index is 12.0. The van der Waals surface area contributed by atoms with Crippen LogP contribution in [0.25, 0.3) is 0 Å². The summed E-state index contributed by atoms with van der Waals surface area (Å²) in [6.45, 7) is 1.94. The second-order valence-corrected chi connectivity index (χ2v) is 6.67. The van der Waals surface area contributed by atoms with Gasteiger partial charge in [-0.2, -0.15) is 8.42 Å². The van der Waals surface area contributed by atoms with Crippen LogP contribution in [0.4, 0.5) is 0 Å². The molecule has 0 bridgehead atoms. The summed E-state index contributed by atoms with van der Waals surface area (Å²) >= 11 is 0. The van der Waals surface area contributed by atoms with Crippen molar-refractivity contribution in [3.8, 4) is 0 Å². The molecule has 0 radical (unpaired) electrons. The van der Waals surface area contributed by atoms with Gasteiger partial charge < -0.3 is 4.74 Å². The van der Waals surface area contributed by atoms with Crippen molar-refractivity contribution in [2.75, 3.05) is 6.61 Å². The molecule has 0 saturated carbocycles. The van der Waals surface area contributed by atoms with Crippen LogP contribution < -0.4 is 0 Å². The fourth-order valence-electron chi connectivity index (χ4n) is 2.14. The van der Waals surface area contributed by atoms with Crippen LogP contribution in [0.3, 0.4) is 0 Å². The minimum absolute atomic E-state index is 0.0375. The molecule has 0 amide bonds. The van der Waals surface area contributed by atoms with Crippen molar-refractivity contribution in [3.05, 3.63) is 65.7 Å². The van der Waals surface area contributed by atoms with Crippen LogP contribution >= 0.6 is 0 Å². The molecule has 2 aromatic carbocycles. The van der Waals surface area contributed by atoms with Crippen molar-refractivity contribution >= 4 is 10.1 Å². The van der Waals surface area contributed by atoms with E-state index in [0.29, 0.717) is 0 Å². The standard InChI is InChI=1S/C16H16O4S/c1-12-7-9-14(10-8-12)21(17,18)19-11-15-16(20-15)13-5-3-2-4-6-13/h2-10,15-16H,11H2,1H3/t15-,16-/m1/s1. The molecular formula is C16H16O4S. The highest BCUT2D eigenvalue weighted by molar-refractivity contribution is 7.86. The predicted molar refractivity (Wildman–Crippen MR) is 78.4 cm³/mol. The van der Waals surface area contributed by atoms with Crippen LogP contribution in [-0.4, -0.2) is 21.1 Å². The minimum Gasteiger partial charge on any atom is -0.362 e. The lowest BCUT2D eigenvalue weighted by Crippen LogP contribution is -2.11. The maximum Gasteiger partial charge on any atom is 0.297 e. The van der Waals surface area contributed by atoms with Crippen molar-refractivity contribution in [1.29, 1.82) is 0 Å². The van der Waals surface area contributed by atoms with E-state index in [-0.39, 0.29) is 23.7 Å². The fourth-order valence-corrected chi connectivity index (χ4v) is 3.05. The molecule has 0 N–H and O–H groups in total. The van der Waals surface area contributed by atoms with Crippen LogP contribution in [0.5, 0.6) is 0 Å². The van der Waals surface area contributed by atoms with Crippen molar-refractivity contribution in [3.63, 3.8) is 0 Å². The predicted octanol–water partition coefficient (Wildman–Crippen LogP) is 2.84. The Bertz CT molecular complexity index is 708. The van der Waals surface area contributed by atoms with E-state index in [4.69, 9.17) is 8.92 Å². The molecule has 1 aliphatic rings. The lowest BCUT2D eigenvalue weighted by molar-refractivity contribution is 0.264. The van der Waals surface area contributed by atoms with Crippen LogP contribution in [0.1, 0.15) is 17.2 Å². The first-order chi connectivity index (χ1) is 10.1. The Morgan fingerprint density at radius 1 is 1.05 bits per heavy atom. The van der Waals surface area contributed by atoms with Gasteiger partial charge in [-0.3, -0.25) is 4.18 Å². The monoisotopic (exact) mass is 304 g/mol. The Kier molecular flexibility index (Phi) is 3.80. The second-order valence-electron chi connectivity index (χ2n) is 5.06. The summed E-state index contributed by atoms with van der Waals surface area (Å²) in [5, 5.41) is 0. The van der Waals surface area contributed by atoms with Gasteiger partial charge >= 0.3 is 0 Å². The summed E-state index contributed by atoms with van der Waals surface area (Å²) < 4.78 is 34.6. The summed E-state index contributed by atoms with van der Waals surface area (Å²) in [7, 11) is -3.72. The summed E-state index contributed by atoms with van der Waals surface area (Å²) in [5.41, 5.74) is 2.04. The molecule has 0 spiro atoms. The molecule has 110 valence electrons. The van der Waals surface area contributed by atoms with Crippen LogP contribution in [-0.2, 0) is 19.0 Å². The Labute approximate surface area is 124 Å². The highest BCUT2D eigenvalue weighted by atomic mass is 32.2. The molecule has 0 unspecified atom stereocenters. The van der Waals surface area contributed by atoms with Crippen LogP contribution in [0.15, 0.2) is 59.5 Å². The minimum atomic E-state index is -3.72. The zero-order chi connectivity index (χ0) is 14.9. The number of ether oxygens (including phenoxy) is 1. The molecule has 3 rings (SSSR count). The first kappa shape index (κ1) is 14.3. The van der Waals surface area contributed by atoms with E-state index < -0.39 is 10.1 Å².